The number of hydrogen-bond acceptors (Lipinski definition) is 2. The van der Waals surface area contributed by atoms with Crippen LogP contribution < -0.4 is 0 Å². The molecular formula is C16H15F4N3O. The van der Waals surface area contributed by atoms with Crippen LogP contribution in [-0.4, -0.2) is 27.1 Å². The highest BCUT2D eigenvalue weighted by Crippen LogP contribution is 2.32. The molecule has 1 aliphatic rings. The summed E-state index contributed by atoms with van der Waals surface area (Å²) in [7, 11) is 0. The van der Waals surface area contributed by atoms with Crippen LogP contribution in [-0.2, 0) is 17.5 Å². The molecule has 2 aromatic rings. The molecule has 4 nitrogen and oxygen atoms in total. The van der Waals surface area contributed by atoms with Crippen molar-refractivity contribution in [3.05, 3.63) is 53.6 Å². The van der Waals surface area contributed by atoms with Gasteiger partial charge in [0.2, 0.25) is 5.91 Å². The first-order valence-electron chi connectivity index (χ1n) is 7.50. The van der Waals surface area contributed by atoms with Crippen molar-refractivity contribution in [2.45, 2.75) is 31.6 Å². The number of carbonyl (C=O) groups is 1. The van der Waals surface area contributed by atoms with Crippen LogP contribution in [0.1, 0.15) is 30.1 Å². The maximum absolute atomic E-state index is 13.0. The number of benzene rings is 1. The predicted molar refractivity (Wildman–Crippen MR) is 77.3 cm³/mol. The van der Waals surface area contributed by atoms with Crippen molar-refractivity contribution in [3.63, 3.8) is 0 Å². The number of aromatic nitrogens is 2. The van der Waals surface area contributed by atoms with Gasteiger partial charge in [0.1, 0.15) is 12.4 Å². The Labute approximate surface area is 135 Å². The zero-order chi connectivity index (χ0) is 17.3. The maximum Gasteiger partial charge on any atom is 0.435 e. The number of nitrogens with zero attached hydrogens (tertiary/aromatic N) is 3. The summed E-state index contributed by atoms with van der Waals surface area (Å²) in [4.78, 5) is 14.0. The molecule has 1 amide bonds. The lowest BCUT2D eigenvalue weighted by atomic mass is 10.0. The molecule has 1 saturated heterocycles. The monoisotopic (exact) mass is 341 g/mol. The zero-order valence-corrected chi connectivity index (χ0v) is 12.6. The Morgan fingerprint density at radius 2 is 1.92 bits per heavy atom. The Morgan fingerprint density at radius 1 is 1.21 bits per heavy atom. The van der Waals surface area contributed by atoms with Crippen molar-refractivity contribution in [2.75, 3.05) is 6.54 Å². The maximum atomic E-state index is 13.0. The minimum Gasteiger partial charge on any atom is -0.334 e. The van der Waals surface area contributed by atoms with Crippen LogP contribution in [0, 0.1) is 5.82 Å². The Morgan fingerprint density at radius 3 is 2.54 bits per heavy atom. The lowest BCUT2D eigenvalue weighted by Crippen LogP contribution is -2.33. The highest BCUT2D eigenvalue weighted by molar-refractivity contribution is 5.76. The quantitative estimate of drug-likeness (QED) is 0.803. The van der Waals surface area contributed by atoms with Crippen LogP contribution in [0.2, 0.25) is 0 Å². The van der Waals surface area contributed by atoms with E-state index in [2.05, 4.69) is 5.10 Å². The van der Waals surface area contributed by atoms with Crippen LogP contribution in [0.25, 0.3) is 0 Å². The molecule has 0 aliphatic carbocycles. The largest absolute Gasteiger partial charge is 0.435 e. The molecule has 0 N–H and O–H groups in total. The molecular weight excluding hydrogens is 326 g/mol. The van der Waals surface area contributed by atoms with E-state index in [1.54, 1.807) is 17.0 Å². The van der Waals surface area contributed by atoms with E-state index in [-0.39, 0.29) is 24.3 Å². The van der Waals surface area contributed by atoms with Gasteiger partial charge in [0.15, 0.2) is 5.69 Å². The zero-order valence-electron chi connectivity index (χ0n) is 12.6. The summed E-state index contributed by atoms with van der Waals surface area (Å²) in [5.74, 6) is -0.663. The average molecular weight is 341 g/mol. The van der Waals surface area contributed by atoms with E-state index in [0.717, 1.165) is 35.4 Å². The van der Waals surface area contributed by atoms with E-state index in [1.165, 1.54) is 12.1 Å². The Kier molecular flexibility index (Phi) is 4.29. The molecule has 1 atom stereocenters. The fraction of sp³-hybridized carbons (Fsp3) is 0.375. The summed E-state index contributed by atoms with van der Waals surface area (Å²) in [6.07, 6.45) is -1.85. The van der Waals surface area contributed by atoms with Crippen molar-refractivity contribution < 1.29 is 22.4 Å². The Bertz CT molecular complexity index is 724. The number of hydrogen-bond donors (Lipinski definition) is 0. The molecule has 2 heterocycles. The van der Waals surface area contributed by atoms with E-state index in [4.69, 9.17) is 0 Å². The van der Waals surface area contributed by atoms with Gasteiger partial charge in [0.25, 0.3) is 0 Å². The van der Waals surface area contributed by atoms with Crippen LogP contribution in [0.5, 0.6) is 0 Å². The second-order valence-corrected chi connectivity index (χ2v) is 5.69. The van der Waals surface area contributed by atoms with Gasteiger partial charge in [-0.05, 0) is 36.6 Å². The summed E-state index contributed by atoms with van der Waals surface area (Å²) in [5.41, 5.74) is -0.203. The lowest BCUT2D eigenvalue weighted by molar-refractivity contribution is -0.142. The molecule has 1 aliphatic heterocycles. The lowest BCUT2D eigenvalue weighted by Gasteiger charge is -2.25. The van der Waals surface area contributed by atoms with E-state index in [1.807, 2.05) is 0 Å². The second kappa shape index (κ2) is 6.26. The summed E-state index contributed by atoms with van der Waals surface area (Å²) in [6.45, 7) is 0.266. The Balaban J connectivity index is 1.72. The molecule has 0 bridgehead atoms. The minimum atomic E-state index is -4.53. The van der Waals surface area contributed by atoms with Crippen molar-refractivity contribution in [3.8, 4) is 0 Å². The van der Waals surface area contributed by atoms with Crippen molar-refractivity contribution in [1.82, 2.24) is 14.7 Å². The molecule has 0 radical (unpaired) electrons. The van der Waals surface area contributed by atoms with Crippen molar-refractivity contribution in [1.29, 1.82) is 0 Å². The normalized spacial score (nSPS) is 18.2. The Hall–Kier alpha value is -2.38. The summed E-state index contributed by atoms with van der Waals surface area (Å²) >= 11 is 0. The van der Waals surface area contributed by atoms with E-state index in [0.29, 0.717) is 6.54 Å². The van der Waals surface area contributed by atoms with Gasteiger partial charge in [-0.2, -0.15) is 18.3 Å². The first kappa shape index (κ1) is 16.5. The average Bonchev–Trinajstić information content (AvgIpc) is 3.16. The molecule has 128 valence electrons. The number of likely N-dealkylation sites (tertiary alicyclic amines) is 1. The predicted octanol–water partition coefficient (Wildman–Crippen LogP) is 3.40. The fourth-order valence-corrected chi connectivity index (χ4v) is 2.93. The molecule has 1 fully saturated rings. The molecule has 1 aromatic heterocycles. The number of halogens is 4. The summed E-state index contributed by atoms with van der Waals surface area (Å²) < 4.78 is 51.7. The SMILES string of the molecule is O=C(Cn1ccc(C(F)(F)F)n1)N1CCCC1c1ccc(F)cc1. The molecule has 1 unspecified atom stereocenters. The van der Waals surface area contributed by atoms with Gasteiger partial charge in [-0.3, -0.25) is 9.48 Å². The van der Waals surface area contributed by atoms with E-state index in [9.17, 15) is 22.4 Å². The van der Waals surface area contributed by atoms with E-state index >= 15 is 0 Å². The number of rotatable bonds is 3. The highest BCUT2D eigenvalue weighted by Gasteiger charge is 2.34. The van der Waals surface area contributed by atoms with Crippen LogP contribution >= 0.6 is 0 Å². The van der Waals surface area contributed by atoms with Gasteiger partial charge in [-0.25, -0.2) is 4.39 Å². The van der Waals surface area contributed by atoms with Gasteiger partial charge in [0, 0.05) is 12.7 Å². The van der Waals surface area contributed by atoms with Crippen LogP contribution in [0.4, 0.5) is 17.6 Å². The van der Waals surface area contributed by atoms with E-state index < -0.39 is 11.9 Å². The number of alkyl halides is 3. The third-order valence-electron chi connectivity index (χ3n) is 4.06. The number of carbonyl (C=O) groups excluding carboxylic acids is 1. The van der Waals surface area contributed by atoms with Gasteiger partial charge in [-0.1, -0.05) is 12.1 Å². The van der Waals surface area contributed by atoms with Crippen LogP contribution in [0.15, 0.2) is 36.5 Å². The molecule has 0 spiro atoms. The first-order chi connectivity index (χ1) is 11.3. The highest BCUT2D eigenvalue weighted by atomic mass is 19.4. The van der Waals surface area contributed by atoms with Gasteiger partial charge < -0.3 is 4.90 Å². The minimum absolute atomic E-state index is 0.184. The third kappa shape index (κ3) is 3.42. The van der Waals surface area contributed by atoms with Gasteiger partial charge in [0.05, 0.1) is 6.04 Å². The second-order valence-electron chi connectivity index (χ2n) is 5.69. The molecule has 24 heavy (non-hydrogen) atoms. The summed E-state index contributed by atoms with van der Waals surface area (Å²) in [5, 5.41) is 3.40. The van der Waals surface area contributed by atoms with Gasteiger partial charge >= 0.3 is 6.18 Å². The standard InChI is InChI=1S/C16H15F4N3O/c17-12-5-3-11(4-6-12)13-2-1-8-23(13)15(24)10-22-9-7-14(21-22)16(18,19)20/h3-7,9,13H,1-2,8,10H2. The van der Waals surface area contributed by atoms with Crippen LogP contribution in [0.3, 0.4) is 0 Å². The fourth-order valence-electron chi connectivity index (χ4n) is 2.93. The first-order valence-corrected chi connectivity index (χ1v) is 7.50. The molecule has 1 aromatic carbocycles. The smallest absolute Gasteiger partial charge is 0.334 e. The van der Waals surface area contributed by atoms with Gasteiger partial charge in [-0.15, -0.1) is 0 Å². The molecule has 3 rings (SSSR count). The third-order valence-corrected chi connectivity index (χ3v) is 4.06. The van der Waals surface area contributed by atoms with Crippen molar-refractivity contribution >= 4 is 5.91 Å². The number of amides is 1. The topological polar surface area (TPSA) is 38.1 Å². The molecule has 8 heteroatoms. The summed E-state index contributed by atoms with van der Waals surface area (Å²) in [6, 6.07) is 6.58. The van der Waals surface area contributed by atoms with Crippen molar-refractivity contribution in [2.24, 2.45) is 0 Å². The molecule has 0 saturated carbocycles.